The van der Waals surface area contributed by atoms with Crippen LogP contribution in [0.5, 0.6) is 5.75 Å². The zero-order valence-electron chi connectivity index (χ0n) is 15.7. The Labute approximate surface area is 159 Å². The molecule has 0 aromatic heterocycles. The van der Waals surface area contributed by atoms with E-state index < -0.39 is 12.1 Å². The van der Waals surface area contributed by atoms with Crippen molar-refractivity contribution in [3.8, 4) is 5.75 Å². The van der Waals surface area contributed by atoms with E-state index in [4.69, 9.17) is 15.2 Å². The van der Waals surface area contributed by atoms with Crippen LogP contribution in [-0.2, 0) is 9.53 Å². The molecule has 2 unspecified atom stereocenters. The van der Waals surface area contributed by atoms with Crippen molar-refractivity contribution in [3.05, 3.63) is 77.9 Å². The molecule has 0 aliphatic rings. The van der Waals surface area contributed by atoms with Crippen LogP contribution < -0.4 is 10.5 Å². The van der Waals surface area contributed by atoms with E-state index >= 15 is 0 Å². The molecule has 0 fully saturated rings. The van der Waals surface area contributed by atoms with E-state index in [1.165, 1.54) is 0 Å². The summed E-state index contributed by atoms with van der Waals surface area (Å²) in [6.07, 6.45) is -0.434. The predicted octanol–water partition coefficient (Wildman–Crippen LogP) is 4.55. The van der Waals surface area contributed by atoms with Crippen molar-refractivity contribution in [2.75, 3.05) is 6.61 Å². The van der Waals surface area contributed by atoms with E-state index in [1.54, 1.807) is 6.92 Å². The van der Waals surface area contributed by atoms with Crippen molar-refractivity contribution in [2.24, 2.45) is 5.73 Å². The lowest BCUT2D eigenvalue weighted by Gasteiger charge is -2.22. The van der Waals surface area contributed by atoms with Crippen molar-refractivity contribution < 1.29 is 14.3 Å². The number of fused-ring (bicyclic) bond motifs is 1. The lowest BCUT2D eigenvalue weighted by atomic mass is 10.0. The van der Waals surface area contributed by atoms with Crippen molar-refractivity contribution in [2.45, 2.75) is 32.4 Å². The minimum absolute atomic E-state index is 0.300. The fourth-order valence-electron chi connectivity index (χ4n) is 3.17. The van der Waals surface area contributed by atoms with E-state index in [9.17, 15) is 4.79 Å². The van der Waals surface area contributed by atoms with E-state index in [-0.39, 0.29) is 6.04 Å². The number of hydrogen-bond acceptors (Lipinski definition) is 4. The molecule has 0 saturated heterocycles. The molecule has 3 rings (SSSR count). The van der Waals surface area contributed by atoms with Crippen LogP contribution in [-0.4, -0.2) is 18.7 Å². The Morgan fingerprint density at radius 2 is 1.63 bits per heavy atom. The second-order valence-electron chi connectivity index (χ2n) is 6.54. The third-order valence-corrected chi connectivity index (χ3v) is 4.62. The summed E-state index contributed by atoms with van der Waals surface area (Å²) in [6.45, 7) is 4.14. The Balaban J connectivity index is 1.88. The Morgan fingerprint density at radius 3 is 2.33 bits per heavy atom. The van der Waals surface area contributed by atoms with Crippen LogP contribution in [0.25, 0.3) is 10.8 Å². The average Bonchev–Trinajstić information content (AvgIpc) is 2.70. The Bertz CT molecular complexity index is 908. The summed E-state index contributed by atoms with van der Waals surface area (Å²) in [5.74, 6) is 0.267. The fraction of sp³-hybridized carbons (Fsp3) is 0.261. The van der Waals surface area contributed by atoms with Crippen molar-refractivity contribution in [1.82, 2.24) is 0 Å². The van der Waals surface area contributed by atoms with Crippen LogP contribution in [0.15, 0.2) is 66.7 Å². The quantitative estimate of drug-likeness (QED) is 0.626. The van der Waals surface area contributed by atoms with Gasteiger partial charge in [-0.2, -0.15) is 0 Å². The molecule has 4 nitrogen and oxygen atoms in total. The molecule has 0 aliphatic carbocycles. The van der Waals surface area contributed by atoms with Crippen LogP contribution in [0, 0.1) is 6.92 Å². The van der Waals surface area contributed by atoms with Gasteiger partial charge >= 0.3 is 5.97 Å². The Morgan fingerprint density at radius 1 is 0.963 bits per heavy atom. The van der Waals surface area contributed by atoms with Gasteiger partial charge in [0.05, 0.1) is 6.61 Å². The first-order valence-corrected chi connectivity index (χ1v) is 9.22. The molecule has 0 spiro atoms. The summed E-state index contributed by atoms with van der Waals surface area (Å²) in [5, 5.41) is 2.07. The molecule has 140 valence electrons. The summed E-state index contributed by atoms with van der Waals surface area (Å²) >= 11 is 0. The first-order chi connectivity index (χ1) is 13.1. The first kappa shape index (κ1) is 18.9. The van der Waals surface area contributed by atoms with Gasteiger partial charge in [-0.15, -0.1) is 0 Å². The number of rotatable bonds is 7. The molecule has 0 saturated carbocycles. The topological polar surface area (TPSA) is 61.5 Å². The molecule has 2 N–H and O–H groups in total. The van der Waals surface area contributed by atoms with E-state index in [0.29, 0.717) is 18.8 Å². The lowest BCUT2D eigenvalue weighted by Crippen LogP contribution is -2.33. The van der Waals surface area contributed by atoms with E-state index in [0.717, 1.165) is 21.9 Å². The Hall–Kier alpha value is -2.85. The standard InChI is InChI=1S/C23H25NO3/c1-3-26-23(25)22(15-20(24)17-9-5-4-6-10-17)27-21-14-13-16(2)18-11-7-8-12-19(18)21/h4-14,20,22H,3,15,24H2,1-2H3. The van der Waals surface area contributed by atoms with Crippen LogP contribution >= 0.6 is 0 Å². The van der Waals surface area contributed by atoms with Crippen LogP contribution in [0.4, 0.5) is 0 Å². The van der Waals surface area contributed by atoms with Gasteiger partial charge in [-0.3, -0.25) is 0 Å². The number of benzene rings is 3. The maximum Gasteiger partial charge on any atom is 0.347 e. The molecular formula is C23H25NO3. The summed E-state index contributed by atoms with van der Waals surface area (Å²) in [4.78, 5) is 12.5. The predicted molar refractivity (Wildman–Crippen MR) is 108 cm³/mol. The molecule has 4 heteroatoms. The molecule has 0 aliphatic heterocycles. The third-order valence-electron chi connectivity index (χ3n) is 4.62. The van der Waals surface area contributed by atoms with Gasteiger partial charge in [0.25, 0.3) is 0 Å². The molecule has 27 heavy (non-hydrogen) atoms. The molecule has 3 aromatic carbocycles. The molecule has 2 atom stereocenters. The van der Waals surface area contributed by atoms with Crippen LogP contribution in [0.2, 0.25) is 0 Å². The molecule has 0 bridgehead atoms. The highest BCUT2D eigenvalue weighted by molar-refractivity contribution is 5.91. The molecule has 0 radical (unpaired) electrons. The minimum atomic E-state index is -0.772. The largest absolute Gasteiger partial charge is 0.478 e. The Kier molecular flexibility index (Phi) is 6.09. The van der Waals surface area contributed by atoms with Gasteiger partial charge in [0, 0.05) is 17.8 Å². The smallest absolute Gasteiger partial charge is 0.347 e. The van der Waals surface area contributed by atoms with Gasteiger partial charge in [0.2, 0.25) is 0 Å². The first-order valence-electron chi connectivity index (χ1n) is 9.22. The third kappa shape index (κ3) is 4.47. The summed E-state index contributed by atoms with van der Waals surface area (Å²) in [5.41, 5.74) is 8.45. The van der Waals surface area contributed by atoms with E-state index in [1.807, 2.05) is 66.7 Å². The number of hydrogen-bond donors (Lipinski definition) is 1. The van der Waals surface area contributed by atoms with Crippen LogP contribution in [0.3, 0.4) is 0 Å². The summed E-state index contributed by atoms with van der Waals surface area (Å²) in [7, 11) is 0. The molecule has 3 aromatic rings. The highest BCUT2D eigenvalue weighted by atomic mass is 16.6. The number of carbonyl (C=O) groups is 1. The zero-order valence-corrected chi connectivity index (χ0v) is 15.7. The van der Waals surface area contributed by atoms with Crippen LogP contribution in [0.1, 0.15) is 30.5 Å². The number of ether oxygens (including phenoxy) is 2. The SMILES string of the molecule is CCOC(=O)C(CC(N)c1ccccc1)Oc1ccc(C)c2ccccc12. The van der Waals surface area contributed by atoms with Gasteiger partial charge < -0.3 is 15.2 Å². The number of nitrogens with two attached hydrogens (primary N) is 1. The molecular weight excluding hydrogens is 338 g/mol. The monoisotopic (exact) mass is 363 g/mol. The van der Waals surface area contributed by atoms with Gasteiger partial charge in [-0.25, -0.2) is 4.79 Å². The van der Waals surface area contributed by atoms with Gasteiger partial charge in [-0.05, 0) is 36.4 Å². The fourth-order valence-corrected chi connectivity index (χ4v) is 3.17. The second-order valence-corrected chi connectivity index (χ2v) is 6.54. The maximum atomic E-state index is 12.5. The van der Waals surface area contributed by atoms with E-state index in [2.05, 4.69) is 6.92 Å². The molecule has 0 amide bonds. The summed E-state index contributed by atoms with van der Waals surface area (Å²) in [6, 6.07) is 21.3. The zero-order chi connectivity index (χ0) is 19.2. The minimum Gasteiger partial charge on any atom is -0.478 e. The highest BCUT2D eigenvalue weighted by Gasteiger charge is 2.26. The summed E-state index contributed by atoms with van der Waals surface area (Å²) < 4.78 is 11.4. The normalized spacial score (nSPS) is 13.1. The van der Waals surface area contributed by atoms with Gasteiger partial charge in [0.1, 0.15) is 5.75 Å². The number of aryl methyl sites for hydroxylation is 1. The van der Waals surface area contributed by atoms with Crippen molar-refractivity contribution >= 4 is 16.7 Å². The maximum absolute atomic E-state index is 12.5. The second kappa shape index (κ2) is 8.69. The average molecular weight is 363 g/mol. The lowest BCUT2D eigenvalue weighted by molar-refractivity contribution is -0.151. The van der Waals surface area contributed by atoms with Gasteiger partial charge in [0.15, 0.2) is 6.10 Å². The highest BCUT2D eigenvalue weighted by Crippen LogP contribution is 2.30. The van der Waals surface area contributed by atoms with Crippen molar-refractivity contribution in [3.63, 3.8) is 0 Å². The number of esters is 1. The molecule has 0 heterocycles. The van der Waals surface area contributed by atoms with Gasteiger partial charge in [-0.1, -0.05) is 60.7 Å². The van der Waals surface area contributed by atoms with Crippen molar-refractivity contribution in [1.29, 1.82) is 0 Å². The number of carbonyl (C=O) groups excluding carboxylic acids is 1.